The van der Waals surface area contributed by atoms with E-state index >= 15 is 0 Å². The maximum atomic E-state index is 10.2. The van der Waals surface area contributed by atoms with Crippen molar-refractivity contribution in [2.24, 2.45) is 0 Å². The van der Waals surface area contributed by atoms with Crippen molar-refractivity contribution in [2.45, 2.75) is 91.7 Å². The van der Waals surface area contributed by atoms with Gasteiger partial charge < -0.3 is 18.6 Å². The van der Waals surface area contributed by atoms with Gasteiger partial charge in [0.15, 0.2) is 0 Å². The molecule has 0 spiro atoms. The molecule has 354 valence electrons. The summed E-state index contributed by atoms with van der Waals surface area (Å²) in [7, 11) is 0. The van der Waals surface area contributed by atoms with Crippen LogP contribution in [0.3, 0.4) is 0 Å². The molecular weight excluding hydrogens is 873 g/mol. The third-order valence-corrected chi connectivity index (χ3v) is 13.9. The second kappa shape index (κ2) is 15.8. The van der Waals surface area contributed by atoms with E-state index < -0.39 is 95.8 Å². The average Bonchev–Trinajstić information content (AvgIpc) is 1.49. The van der Waals surface area contributed by atoms with Crippen molar-refractivity contribution in [1.82, 2.24) is 8.80 Å². The zero-order valence-corrected chi connectivity index (χ0v) is 41.0. The Morgan fingerprint density at radius 2 is 0.819 bits per heavy atom. The summed E-state index contributed by atoms with van der Waals surface area (Å²) in [5, 5.41) is 3.37. The minimum Gasteiger partial charge on any atom is -0.310 e. The van der Waals surface area contributed by atoms with Crippen LogP contribution in [0.4, 0.5) is 34.1 Å². The molecule has 0 aliphatic carbocycles. The van der Waals surface area contributed by atoms with E-state index in [1.54, 1.807) is 84.9 Å². The average molecular weight is 957 g/mol. The molecule has 72 heavy (non-hydrogen) atoms. The number of rotatable bonds is 8. The molecule has 0 aliphatic rings. The number of benzene rings is 9. The second-order valence-corrected chi connectivity index (χ2v) is 20.8. The van der Waals surface area contributed by atoms with Crippen LogP contribution in [0.5, 0.6) is 0 Å². The number of hydrogen-bond donors (Lipinski definition) is 0. The van der Waals surface area contributed by atoms with Gasteiger partial charge in [-0.2, -0.15) is 0 Å². The predicted molar refractivity (Wildman–Crippen MR) is 311 cm³/mol. The van der Waals surface area contributed by atoms with Gasteiger partial charge in [0.1, 0.15) is 0 Å². The van der Waals surface area contributed by atoms with Crippen molar-refractivity contribution in [3.63, 3.8) is 0 Å². The van der Waals surface area contributed by atoms with E-state index in [9.17, 15) is 19.2 Å². The van der Waals surface area contributed by atoms with Crippen LogP contribution in [-0.4, -0.2) is 8.80 Å². The zero-order chi connectivity index (χ0) is 68.6. The molecule has 4 aromatic heterocycles. The molecule has 4 heterocycles. The third kappa shape index (κ3) is 6.57. The van der Waals surface area contributed by atoms with Crippen LogP contribution >= 0.6 is 0 Å². The van der Waals surface area contributed by atoms with Crippen LogP contribution in [0.15, 0.2) is 182 Å². The van der Waals surface area contributed by atoms with Crippen molar-refractivity contribution in [2.75, 3.05) is 9.80 Å². The zero-order valence-electron chi connectivity index (χ0n) is 63.0. The largest absolute Gasteiger partial charge is 0.310 e. The molecule has 4 nitrogen and oxygen atoms in total. The van der Waals surface area contributed by atoms with E-state index in [1.165, 1.54) is 9.80 Å². The fourth-order valence-corrected chi connectivity index (χ4v) is 10.4. The summed E-state index contributed by atoms with van der Waals surface area (Å²) in [5.41, 5.74) is 0.265. The van der Waals surface area contributed by atoms with Crippen molar-refractivity contribution in [1.29, 1.82) is 0 Å². The minimum atomic E-state index is -3.07. The normalized spacial score (nSPS) is 19.2. The molecule has 0 fully saturated rings. The molecule has 13 rings (SSSR count). The van der Waals surface area contributed by atoms with Crippen LogP contribution in [0.25, 0.3) is 76.2 Å². The summed E-state index contributed by atoms with van der Waals surface area (Å²) in [6.45, 7) is 6.98. The van der Waals surface area contributed by atoms with Crippen LogP contribution < -0.4 is 9.80 Å². The van der Waals surface area contributed by atoms with Gasteiger partial charge in [0, 0.05) is 76.8 Å². The third-order valence-electron chi connectivity index (χ3n) is 13.9. The number of aromatic nitrogens is 2. The highest BCUT2D eigenvalue weighted by atomic mass is 15.2. The van der Waals surface area contributed by atoms with Gasteiger partial charge in [0.2, 0.25) is 0 Å². The molecule has 4 heteroatoms. The highest BCUT2D eigenvalue weighted by molar-refractivity contribution is 6.32. The predicted octanol–water partition coefficient (Wildman–Crippen LogP) is 19.8. The second-order valence-electron chi connectivity index (χ2n) is 20.8. The number of hydrogen-bond acceptors (Lipinski definition) is 2. The van der Waals surface area contributed by atoms with Crippen LogP contribution in [0, 0.1) is 0 Å². The van der Waals surface area contributed by atoms with Crippen LogP contribution in [0.1, 0.15) is 133 Å². The number of anilines is 6. The summed E-state index contributed by atoms with van der Waals surface area (Å²) < 4.78 is 207. The molecule has 13 aromatic rings. The van der Waals surface area contributed by atoms with Crippen LogP contribution in [0.2, 0.25) is 0 Å². The first-order valence-electron chi connectivity index (χ1n) is 35.0. The number of para-hydroxylation sites is 2. The molecule has 0 amide bonds. The van der Waals surface area contributed by atoms with E-state index in [-0.39, 0.29) is 91.9 Å². The number of fused-ring (bicyclic) bond motifs is 12. The first-order valence-corrected chi connectivity index (χ1v) is 24.0. The van der Waals surface area contributed by atoms with Gasteiger partial charge in [-0.25, -0.2) is 0 Å². The smallest absolute Gasteiger partial charge is 0.0645 e. The summed E-state index contributed by atoms with van der Waals surface area (Å²) in [4.78, 5) is 3.02. The Bertz CT molecular complexity index is 5030. The fourth-order valence-electron chi connectivity index (χ4n) is 10.4. The van der Waals surface area contributed by atoms with Gasteiger partial charge in [0.05, 0.1) is 63.7 Å². The minimum absolute atomic E-state index is 0.0825. The Labute approximate surface area is 453 Å². The monoisotopic (exact) mass is 957 g/mol. The van der Waals surface area contributed by atoms with Gasteiger partial charge in [0.25, 0.3) is 0 Å². The summed E-state index contributed by atoms with van der Waals surface area (Å²) in [6, 6.07) is 21.4. The molecule has 0 saturated heterocycles. The molecule has 2 atom stereocenters. The van der Waals surface area contributed by atoms with E-state index in [4.69, 9.17) is 11.0 Å². The molecule has 0 radical (unpaired) electrons. The maximum absolute atomic E-state index is 10.2. The van der Waals surface area contributed by atoms with Gasteiger partial charge in [-0.3, -0.25) is 0 Å². The molecule has 9 aromatic carbocycles. The Morgan fingerprint density at radius 1 is 0.431 bits per heavy atom. The van der Waals surface area contributed by atoms with Crippen molar-refractivity contribution in [3.05, 3.63) is 204 Å². The number of nitrogens with zero attached hydrogens (tertiary/aromatic N) is 4. The van der Waals surface area contributed by atoms with Crippen molar-refractivity contribution < 1.29 is 30.2 Å². The van der Waals surface area contributed by atoms with Crippen LogP contribution in [-0.2, 0) is 10.8 Å². The molecule has 2 unspecified atom stereocenters. The SMILES string of the molecule is [2H]c1c([2H])c(C([2H])(C)C([2H])([2H])[2H])c([2H])c([2H])c1N(c1ccccc1)c1ccc2c3cc4c(cc3n3c5c([2H])c([2H])c(C(C)(C)C)c([2H])c5c1c23)c1ccc(N(c2ccccc2)c2c([2H])c([2H])c(C([2H])(C)C([2H])([2H])[2H])c([2H])c2[2H])c2c3c([2H])c(C(C)(C)C)c([2H])c([2H])c3n4c12. The Kier molecular flexibility index (Phi) is 5.85. The van der Waals surface area contributed by atoms with E-state index in [0.29, 0.717) is 65.8 Å². The lowest BCUT2D eigenvalue weighted by atomic mass is 9.86. The highest BCUT2D eigenvalue weighted by Crippen LogP contribution is 2.52. The summed E-state index contributed by atoms with van der Waals surface area (Å²) in [6.07, 6.45) is 0. The molecule has 0 bridgehead atoms. The summed E-state index contributed by atoms with van der Waals surface area (Å²) >= 11 is 0. The van der Waals surface area contributed by atoms with Gasteiger partial charge in [-0.1, -0.05) is 154 Å². The standard InChI is InChI=1S/C68H62N4/c1-41(2)43-21-27-49(28-22-43)69(47-17-13-11-14-18-47)59-35-31-51-53-39-62-54(40-61(53)71-57-33-25-45(67(5,6)7)37-55(57)63(59)65(51)71)52-32-36-60(64-56-38-46(68(8,9)10)26-34-58(56)72(62)66(52)64)70(48-19-15-12-16-20-48)50-29-23-44(24-30-50)42(3)4/h11-42H,1-10H3/i1D3,3D3,21D,22D,23D,24D,25D,26D,27D,28D,29D,30D,33D,34D,37D,38D,41D,42D. The van der Waals surface area contributed by atoms with Gasteiger partial charge >= 0.3 is 0 Å². The molecule has 0 aliphatic heterocycles. The fraction of sp³-hybridized carbons (Fsp3) is 0.206. The molecule has 0 N–H and O–H groups in total. The summed E-state index contributed by atoms with van der Waals surface area (Å²) in [5.74, 6) is -5.15. The quantitative estimate of drug-likeness (QED) is 0.151. The Balaban J connectivity index is 1.21. The Hall–Kier alpha value is -7.82. The first-order chi connectivity index (χ1) is 43.6. The maximum Gasteiger partial charge on any atom is 0.0645 e. The lowest BCUT2D eigenvalue weighted by molar-refractivity contribution is 0.591. The van der Waals surface area contributed by atoms with E-state index in [2.05, 4.69) is 0 Å². The van der Waals surface area contributed by atoms with Gasteiger partial charge in [-0.15, -0.1) is 0 Å². The van der Waals surface area contributed by atoms with Gasteiger partial charge in [-0.05, 0) is 142 Å². The van der Waals surface area contributed by atoms with Crippen molar-refractivity contribution >= 4 is 110 Å². The van der Waals surface area contributed by atoms with E-state index in [0.717, 1.165) is 13.8 Å². The van der Waals surface area contributed by atoms with Crippen molar-refractivity contribution in [3.8, 4) is 0 Å². The lowest BCUT2D eigenvalue weighted by Crippen LogP contribution is -2.11. The molecule has 0 saturated carbocycles. The Morgan fingerprint density at radius 3 is 1.18 bits per heavy atom. The first kappa shape index (κ1) is 26.6. The topological polar surface area (TPSA) is 15.3 Å². The highest BCUT2D eigenvalue weighted by Gasteiger charge is 2.29. The lowest BCUT2D eigenvalue weighted by Gasteiger charge is -2.27. The van der Waals surface area contributed by atoms with E-state index in [1.807, 2.05) is 62.5 Å². The molecular formula is C68H62N4.